The highest BCUT2D eigenvalue weighted by Gasteiger charge is 2.25. The van der Waals surface area contributed by atoms with Gasteiger partial charge in [0.05, 0.1) is 23.3 Å². The van der Waals surface area contributed by atoms with E-state index in [1.807, 2.05) is 0 Å². The smallest absolute Gasteiger partial charge is 0.243 e. The summed E-state index contributed by atoms with van der Waals surface area (Å²) in [5, 5.41) is 8.80. The van der Waals surface area contributed by atoms with E-state index < -0.39 is 15.8 Å². The summed E-state index contributed by atoms with van der Waals surface area (Å²) in [7, 11) is -3.82. The van der Waals surface area contributed by atoms with E-state index in [0.717, 1.165) is 18.2 Å². The highest BCUT2D eigenvalue weighted by molar-refractivity contribution is 7.89. The number of rotatable bonds is 5. The molecule has 0 aliphatic heterocycles. The first-order valence-corrected chi connectivity index (χ1v) is 7.65. The van der Waals surface area contributed by atoms with Crippen molar-refractivity contribution in [2.45, 2.75) is 18.4 Å². The third kappa shape index (κ3) is 3.12. The third-order valence-electron chi connectivity index (χ3n) is 2.96. The first-order valence-electron chi connectivity index (χ1n) is 6.21. The molecular weight excluding hydrogens is 295 g/mol. The largest absolute Gasteiger partial charge is 0.468 e. The number of benzene rings is 1. The molecule has 21 heavy (non-hydrogen) atoms. The van der Waals surface area contributed by atoms with Gasteiger partial charge >= 0.3 is 0 Å². The Kier molecular flexibility index (Phi) is 4.40. The van der Waals surface area contributed by atoms with E-state index in [9.17, 15) is 12.8 Å². The molecule has 0 amide bonds. The maximum atomic E-state index is 13.3. The fraction of sp³-hybridized carbons (Fsp3) is 0.214. The second-order valence-electron chi connectivity index (χ2n) is 4.26. The Morgan fingerprint density at radius 1 is 1.38 bits per heavy atom. The van der Waals surface area contributed by atoms with Crippen molar-refractivity contribution in [1.29, 1.82) is 5.26 Å². The van der Waals surface area contributed by atoms with E-state index in [0.29, 0.717) is 5.76 Å². The van der Waals surface area contributed by atoms with E-state index >= 15 is 0 Å². The highest BCUT2D eigenvalue weighted by Crippen LogP contribution is 2.20. The molecule has 110 valence electrons. The molecule has 2 aromatic rings. The van der Waals surface area contributed by atoms with Crippen molar-refractivity contribution in [1.82, 2.24) is 4.31 Å². The van der Waals surface area contributed by atoms with Crippen LogP contribution in [-0.2, 0) is 16.6 Å². The van der Waals surface area contributed by atoms with Crippen LogP contribution in [0.4, 0.5) is 4.39 Å². The van der Waals surface area contributed by atoms with Gasteiger partial charge in [0.15, 0.2) is 0 Å². The van der Waals surface area contributed by atoms with Gasteiger partial charge in [-0.2, -0.15) is 9.57 Å². The van der Waals surface area contributed by atoms with E-state index in [1.54, 1.807) is 25.1 Å². The number of sulfonamides is 1. The van der Waals surface area contributed by atoms with Gasteiger partial charge in [-0.3, -0.25) is 0 Å². The van der Waals surface area contributed by atoms with E-state index in [4.69, 9.17) is 9.68 Å². The van der Waals surface area contributed by atoms with Crippen molar-refractivity contribution >= 4 is 10.0 Å². The van der Waals surface area contributed by atoms with Gasteiger partial charge in [-0.05, 0) is 30.3 Å². The van der Waals surface area contributed by atoms with Crippen LogP contribution in [0.1, 0.15) is 18.2 Å². The fourth-order valence-corrected chi connectivity index (χ4v) is 3.28. The molecule has 1 aromatic heterocycles. The molecule has 0 atom stereocenters. The maximum Gasteiger partial charge on any atom is 0.243 e. The number of hydrogen-bond donors (Lipinski definition) is 0. The van der Waals surface area contributed by atoms with Crippen LogP contribution in [0, 0.1) is 17.1 Å². The zero-order chi connectivity index (χ0) is 15.5. The van der Waals surface area contributed by atoms with Crippen molar-refractivity contribution in [3.05, 3.63) is 53.7 Å². The number of hydrogen-bond acceptors (Lipinski definition) is 4. The fourth-order valence-electron chi connectivity index (χ4n) is 1.84. The Morgan fingerprint density at radius 3 is 2.71 bits per heavy atom. The van der Waals surface area contributed by atoms with Crippen LogP contribution in [0.3, 0.4) is 0 Å². The van der Waals surface area contributed by atoms with Gasteiger partial charge in [0.1, 0.15) is 17.6 Å². The minimum Gasteiger partial charge on any atom is -0.468 e. The lowest BCUT2D eigenvalue weighted by Gasteiger charge is -2.19. The number of nitrogens with zero attached hydrogens (tertiary/aromatic N) is 2. The van der Waals surface area contributed by atoms with Gasteiger partial charge in [-0.15, -0.1) is 0 Å². The first-order chi connectivity index (χ1) is 9.98. The average molecular weight is 308 g/mol. The van der Waals surface area contributed by atoms with Crippen LogP contribution >= 0.6 is 0 Å². The van der Waals surface area contributed by atoms with Crippen molar-refractivity contribution < 1.29 is 17.2 Å². The molecule has 2 rings (SSSR count). The van der Waals surface area contributed by atoms with Crippen LogP contribution in [0.2, 0.25) is 0 Å². The second-order valence-corrected chi connectivity index (χ2v) is 6.20. The lowest BCUT2D eigenvalue weighted by Crippen LogP contribution is -2.30. The standard InChI is InChI=1S/C14H13FN2O3S/c1-2-17(10-12-4-3-7-20-12)21(18,19)13-5-6-14(15)11(8-13)9-16/h3-8H,2,10H2,1H3. The molecule has 1 aromatic carbocycles. The lowest BCUT2D eigenvalue weighted by molar-refractivity contribution is 0.375. The molecule has 0 N–H and O–H groups in total. The molecular formula is C14H13FN2O3S. The number of nitriles is 1. The second kappa shape index (κ2) is 6.08. The van der Waals surface area contributed by atoms with Crippen LogP contribution in [0.25, 0.3) is 0 Å². The monoisotopic (exact) mass is 308 g/mol. The zero-order valence-electron chi connectivity index (χ0n) is 11.3. The summed E-state index contributed by atoms with van der Waals surface area (Å²) in [5.41, 5.74) is -0.301. The third-order valence-corrected chi connectivity index (χ3v) is 4.88. The Bertz CT molecular complexity index is 764. The summed E-state index contributed by atoms with van der Waals surface area (Å²) < 4.78 is 44.7. The minimum atomic E-state index is -3.82. The molecule has 7 heteroatoms. The summed E-state index contributed by atoms with van der Waals surface area (Å²) in [6.07, 6.45) is 1.46. The Morgan fingerprint density at radius 2 is 2.14 bits per heavy atom. The summed E-state index contributed by atoms with van der Waals surface area (Å²) in [6.45, 7) is 1.99. The van der Waals surface area contributed by atoms with Crippen LogP contribution in [0.15, 0.2) is 45.9 Å². The summed E-state index contributed by atoms with van der Waals surface area (Å²) in [4.78, 5) is -0.117. The normalized spacial score (nSPS) is 11.5. The molecule has 0 spiro atoms. The Balaban J connectivity index is 2.37. The van der Waals surface area contributed by atoms with Crippen LogP contribution < -0.4 is 0 Å². The van der Waals surface area contributed by atoms with Gasteiger partial charge in [0.25, 0.3) is 0 Å². The molecule has 0 aliphatic rings. The molecule has 0 saturated carbocycles. The highest BCUT2D eigenvalue weighted by atomic mass is 32.2. The van der Waals surface area contributed by atoms with Crippen LogP contribution in [0.5, 0.6) is 0 Å². The van der Waals surface area contributed by atoms with Crippen molar-refractivity contribution in [2.24, 2.45) is 0 Å². The molecule has 0 fully saturated rings. The van der Waals surface area contributed by atoms with Gasteiger partial charge in [-0.1, -0.05) is 6.92 Å². The Labute approximate surface area is 122 Å². The molecule has 0 unspecified atom stereocenters. The zero-order valence-corrected chi connectivity index (χ0v) is 12.1. The van der Waals surface area contributed by atoms with Gasteiger partial charge in [-0.25, -0.2) is 12.8 Å². The van der Waals surface area contributed by atoms with Crippen molar-refractivity contribution in [2.75, 3.05) is 6.54 Å². The minimum absolute atomic E-state index is 0.0745. The average Bonchev–Trinajstić information content (AvgIpc) is 2.97. The van der Waals surface area contributed by atoms with E-state index in [2.05, 4.69) is 0 Å². The molecule has 0 bridgehead atoms. The quantitative estimate of drug-likeness (QED) is 0.850. The predicted octanol–water partition coefficient (Wildman–Crippen LogP) is 2.50. The first kappa shape index (κ1) is 15.2. The molecule has 1 heterocycles. The summed E-state index contributed by atoms with van der Waals surface area (Å²) >= 11 is 0. The maximum absolute atomic E-state index is 13.3. The van der Waals surface area contributed by atoms with Gasteiger partial charge in [0, 0.05) is 6.54 Å². The number of halogens is 1. The summed E-state index contributed by atoms with van der Waals surface area (Å²) in [5.74, 6) is -0.242. The lowest BCUT2D eigenvalue weighted by atomic mass is 10.2. The molecule has 0 aliphatic carbocycles. The molecule has 0 radical (unpaired) electrons. The Hall–Kier alpha value is -2.17. The number of furan rings is 1. The van der Waals surface area contributed by atoms with Gasteiger partial charge < -0.3 is 4.42 Å². The van der Waals surface area contributed by atoms with Crippen molar-refractivity contribution in [3.8, 4) is 6.07 Å². The van der Waals surface area contributed by atoms with E-state index in [1.165, 1.54) is 10.6 Å². The predicted molar refractivity (Wildman–Crippen MR) is 73.1 cm³/mol. The van der Waals surface area contributed by atoms with Gasteiger partial charge in [0.2, 0.25) is 10.0 Å². The molecule has 5 nitrogen and oxygen atoms in total. The van der Waals surface area contributed by atoms with Crippen molar-refractivity contribution in [3.63, 3.8) is 0 Å². The topological polar surface area (TPSA) is 74.3 Å². The molecule has 0 saturated heterocycles. The summed E-state index contributed by atoms with van der Waals surface area (Å²) in [6, 6.07) is 8.14. The van der Waals surface area contributed by atoms with E-state index in [-0.39, 0.29) is 23.5 Å². The van der Waals surface area contributed by atoms with Crippen LogP contribution in [-0.4, -0.2) is 19.3 Å². The SMILES string of the molecule is CCN(Cc1ccco1)S(=O)(=O)c1ccc(F)c(C#N)c1.